The summed E-state index contributed by atoms with van der Waals surface area (Å²) >= 11 is 6.01. The second-order valence-electron chi connectivity index (χ2n) is 8.48. The molecule has 1 unspecified atom stereocenters. The quantitative estimate of drug-likeness (QED) is 0.744. The third kappa shape index (κ3) is 6.89. The van der Waals surface area contributed by atoms with E-state index in [1.54, 1.807) is 17.0 Å². The van der Waals surface area contributed by atoms with Gasteiger partial charge in [-0.25, -0.2) is 9.59 Å². The van der Waals surface area contributed by atoms with E-state index in [4.69, 9.17) is 21.1 Å². The molecule has 0 bridgehead atoms. The van der Waals surface area contributed by atoms with Gasteiger partial charge in [0.2, 0.25) is 0 Å². The van der Waals surface area contributed by atoms with Crippen LogP contribution in [0.4, 0.5) is 9.59 Å². The number of piperidine rings is 1. The molecule has 1 aliphatic rings. The summed E-state index contributed by atoms with van der Waals surface area (Å²) in [5.74, 6) is 0.109. The van der Waals surface area contributed by atoms with Gasteiger partial charge in [-0.05, 0) is 65.2 Å². The summed E-state index contributed by atoms with van der Waals surface area (Å²) in [5, 5.41) is 3.41. The van der Waals surface area contributed by atoms with E-state index >= 15 is 0 Å². The number of nitrogens with one attached hydrogen (secondary N) is 1. The Labute approximate surface area is 172 Å². The minimum Gasteiger partial charge on any atom is -0.444 e. The van der Waals surface area contributed by atoms with Gasteiger partial charge in [-0.3, -0.25) is 0 Å². The largest absolute Gasteiger partial charge is 0.444 e. The molecule has 1 aromatic rings. The number of rotatable bonds is 4. The highest BCUT2D eigenvalue weighted by molar-refractivity contribution is 6.30. The Morgan fingerprint density at radius 3 is 2.21 bits per heavy atom. The summed E-state index contributed by atoms with van der Waals surface area (Å²) in [6, 6.07) is 7.35. The molecule has 0 spiro atoms. The van der Waals surface area contributed by atoms with Crippen LogP contribution in [-0.4, -0.2) is 41.8 Å². The van der Waals surface area contributed by atoms with Crippen LogP contribution in [0.3, 0.4) is 0 Å². The monoisotopic (exact) mass is 410 g/mol. The maximum absolute atomic E-state index is 12.3. The van der Waals surface area contributed by atoms with E-state index in [9.17, 15) is 9.59 Å². The molecule has 0 radical (unpaired) electrons. The fraction of sp³-hybridized carbons (Fsp3) is 0.619. The number of amides is 2. The van der Waals surface area contributed by atoms with E-state index in [1.807, 2.05) is 46.8 Å². The molecule has 1 heterocycles. The van der Waals surface area contributed by atoms with Crippen molar-refractivity contribution in [1.29, 1.82) is 0 Å². The van der Waals surface area contributed by atoms with Crippen molar-refractivity contribution in [2.24, 2.45) is 5.92 Å². The summed E-state index contributed by atoms with van der Waals surface area (Å²) in [7, 11) is 0. The van der Waals surface area contributed by atoms with Crippen molar-refractivity contribution in [3.8, 4) is 0 Å². The number of alkyl carbamates (subject to hydrolysis) is 1. The number of carbonyl (C=O) groups is 2. The molecule has 0 aliphatic carbocycles. The van der Waals surface area contributed by atoms with Crippen LogP contribution in [0.15, 0.2) is 24.3 Å². The van der Waals surface area contributed by atoms with E-state index < -0.39 is 17.8 Å². The van der Waals surface area contributed by atoms with Crippen molar-refractivity contribution in [2.45, 2.75) is 65.2 Å². The zero-order chi connectivity index (χ0) is 20.9. The highest BCUT2D eigenvalue weighted by atomic mass is 35.5. The molecule has 0 aromatic heterocycles. The first-order chi connectivity index (χ1) is 13.0. The van der Waals surface area contributed by atoms with Crippen LogP contribution < -0.4 is 5.32 Å². The topological polar surface area (TPSA) is 67.9 Å². The van der Waals surface area contributed by atoms with Crippen LogP contribution in [-0.2, 0) is 9.47 Å². The summed E-state index contributed by atoms with van der Waals surface area (Å²) in [4.78, 5) is 26.2. The SMILES string of the molecule is CC(C)NC(=O)OC(c1ccc(Cl)cc1)C1CCN(C(=O)OC(C)(C)C)CC1. The third-order valence-electron chi connectivity index (χ3n) is 4.46. The first kappa shape index (κ1) is 22.3. The van der Waals surface area contributed by atoms with Crippen LogP contribution in [0.25, 0.3) is 0 Å². The van der Waals surface area contributed by atoms with Gasteiger partial charge >= 0.3 is 12.2 Å². The molecule has 6 nitrogen and oxygen atoms in total. The minimum atomic E-state index is -0.516. The molecule has 1 aliphatic heterocycles. The van der Waals surface area contributed by atoms with E-state index in [0.29, 0.717) is 18.1 Å². The van der Waals surface area contributed by atoms with Crippen LogP contribution in [0, 0.1) is 5.92 Å². The fourth-order valence-corrected chi connectivity index (χ4v) is 3.31. The molecule has 1 saturated heterocycles. The second kappa shape index (κ2) is 9.50. The maximum Gasteiger partial charge on any atom is 0.410 e. The average molecular weight is 411 g/mol. The summed E-state index contributed by atoms with van der Waals surface area (Å²) in [5.41, 5.74) is 0.386. The molecule has 2 rings (SSSR count). The third-order valence-corrected chi connectivity index (χ3v) is 4.71. The lowest BCUT2D eigenvalue weighted by molar-refractivity contribution is 0.00279. The van der Waals surface area contributed by atoms with Gasteiger partial charge in [0.15, 0.2) is 0 Å². The lowest BCUT2D eigenvalue weighted by Gasteiger charge is -2.36. The summed E-state index contributed by atoms with van der Waals surface area (Å²) in [6.07, 6.45) is 0.317. The standard InChI is InChI=1S/C21H31ClN2O4/c1-14(2)23-19(25)27-18(15-6-8-17(22)9-7-15)16-10-12-24(13-11-16)20(26)28-21(3,4)5/h6-9,14,16,18H,10-13H2,1-5H3,(H,23,25). The van der Waals surface area contributed by atoms with E-state index in [-0.39, 0.29) is 18.1 Å². The number of ether oxygens (including phenoxy) is 2. The van der Waals surface area contributed by atoms with E-state index in [0.717, 1.165) is 18.4 Å². The van der Waals surface area contributed by atoms with Gasteiger partial charge in [-0.1, -0.05) is 23.7 Å². The number of halogens is 1. The Bertz CT molecular complexity index is 662. The van der Waals surface area contributed by atoms with Crippen molar-refractivity contribution in [2.75, 3.05) is 13.1 Å². The smallest absolute Gasteiger partial charge is 0.410 e. The normalized spacial score (nSPS) is 16.6. The van der Waals surface area contributed by atoms with Gasteiger partial charge in [0, 0.05) is 30.1 Å². The molecule has 1 aromatic carbocycles. The average Bonchev–Trinajstić information content (AvgIpc) is 2.59. The highest BCUT2D eigenvalue weighted by Crippen LogP contribution is 2.35. The number of nitrogens with zero attached hydrogens (tertiary/aromatic N) is 1. The zero-order valence-corrected chi connectivity index (χ0v) is 18.1. The van der Waals surface area contributed by atoms with Gasteiger partial charge in [0.25, 0.3) is 0 Å². The predicted octanol–water partition coefficient (Wildman–Crippen LogP) is 5.16. The summed E-state index contributed by atoms with van der Waals surface area (Å²) < 4.78 is 11.2. The molecular formula is C21H31ClN2O4. The van der Waals surface area contributed by atoms with Crippen LogP contribution >= 0.6 is 11.6 Å². The molecule has 7 heteroatoms. The van der Waals surface area contributed by atoms with Gasteiger partial charge in [-0.2, -0.15) is 0 Å². The predicted molar refractivity (Wildman–Crippen MR) is 109 cm³/mol. The lowest BCUT2D eigenvalue weighted by atomic mass is 9.87. The van der Waals surface area contributed by atoms with Crippen molar-refractivity contribution in [3.05, 3.63) is 34.9 Å². The number of benzene rings is 1. The zero-order valence-electron chi connectivity index (χ0n) is 17.3. The highest BCUT2D eigenvalue weighted by Gasteiger charge is 2.33. The Morgan fingerprint density at radius 1 is 1.14 bits per heavy atom. The Hall–Kier alpha value is -1.95. The number of carbonyl (C=O) groups excluding carboxylic acids is 2. The number of hydrogen-bond donors (Lipinski definition) is 1. The van der Waals surface area contributed by atoms with E-state index in [1.165, 1.54) is 0 Å². The van der Waals surface area contributed by atoms with Gasteiger partial charge in [0.05, 0.1) is 0 Å². The van der Waals surface area contributed by atoms with E-state index in [2.05, 4.69) is 5.32 Å². The van der Waals surface area contributed by atoms with Crippen molar-refractivity contribution < 1.29 is 19.1 Å². The van der Waals surface area contributed by atoms with Crippen LogP contribution in [0.1, 0.15) is 59.1 Å². The van der Waals surface area contributed by atoms with Crippen molar-refractivity contribution in [1.82, 2.24) is 10.2 Å². The molecule has 0 saturated carbocycles. The molecule has 2 amide bonds. The molecule has 156 valence electrons. The van der Waals surface area contributed by atoms with Gasteiger partial charge in [0.1, 0.15) is 11.7 Å². The number of likely N-dealkylation sites (tertiary alicyclic amines) is 1. The molecule has 1 N–H and O–H groups in total. The minimum absolute atomic E-state index is 0.00705. The van der Waals surface area contributed by atoms with Crippen LogP contribution in [0.5, 0.6) is 0 Å². The maximum atomic E-state index is 12.3. The first-order valence-electron chi connectivity index (χ1n) is 9.75. The van der Waals surface area contributed by atoms with Gasteiger partial charge in [-0.15, -0.1) is 0 Å². The Morgan fingerprint density at radius 2 is 1.71 bits per heavy atom. The second-order valence-corrected chi connectivity index (χ2v) is 8.92. The van der Waals surface area contributed by atoms with Crippen molar-refractivity contribution in [3.63, 3.8) is 0 Å². The van der Waals surface area contributed by atoms with Crippen molar-refractivity contribution >= 4 is 23.8 Å². The lowest BCUT2D eigenvalue weighted by Crippen LogP contribution is -2.43. The Kier molecular flexibility index (Phi) is 7.58. The number of hydrogen-bond acceptors (Lipinski definition) is 4. The fourth-order valence-electron chi connectivity index (χ4n) is 3.19. The summed E-state index contributed by atoms with van der Waals surface area (Å²) in [6.45, 7) is 10.5. The van der Waals surface area contributed by atoms with Crippen LogP contribution in [0.2, 0.25) is 5.02 Å². The molecular weight excluding hydrogens is 380 g/mol. The molecule has 1 fully saturated rings. The molecule has 1 atom stereocenters. The molecule has 28 heavy (non-hydrogen) atoms. The Balaban J connectivity index is 2.06. The first-order valence-corrected chi connectivity index (χ1v) is 10.1. The van der Waals surface area contributed by atoms with Gasteiger partial charge < -0.3 is 19.7 Å².